The van der Waals surface area contributed by atoms with Crippen molar-refractivity contribution >= 4 is 5.91 Å². The van der Waals surface area contributed by atoms with Crippen LogP contribution in [0, 0.1) is 11.7 Å². The van der Waals surface area contributed by atoms with Gasteiger partial charge < -0.3 is 9.64 Å². The number of ether oxygens (including phenoxy) is 1. The Labute approximate surface area is 153 Å². The molecule has 1 saturated heterocycles. The fourth-order valence-corrected chi connectivity index (χ4v) is 3.22. The zero-order chi connectivity index (χ0) is 18.5. The van der Waals surface area contributed by atoms with Crippen molar-refractivity contribution in [2.45, 2.75) is 33.1 Å². The Balaban J connectivity index is 1.81. The van der Waals surface area contributed by atoms with Crippen molar-refractivity contribution in [3.63, 3.8) is 0 Å². The van der Waals surface area contributed by atoms with Crippen molar-refractivity contribution in [1.29, 1.82) is 0 Å². The van der Waals surface area contributed by atoms with Crippen molar-refractivity contribution in [3.05, 3.63) is 41.7 Å². The highest BCUT2D eigenvalue weighted by molar-refractivity contribution is 5.90. The van der Waals surface area contributed by atoms with E-state index in [0.717, 1.165) is 12.8 Å². The van der Waals surface area contributed by atoms with Gasteiger partial charge in [-0.1, -0.05) is 19.1 Å². The number of amides is 1. The summed E-state index contributed by atoms with van der Waals surface area (Å²) in [6.45, 7) is 6.65. The average molecular weight is 360 g/mol. The number of carbonyl (C=O) groups excluding carboxylic acids is 1. The Kier molecular flexibility index (Phi) is 5.98. The average Bonchev–Trinajstić information content (AvgIpc) is 3.27. The molecule has 7 heteroatoms. The predicted octanol–water partition coefficient (Wildman–Crippen LogP) is 2.86. The van der Waals surface area contributed by atoms with Crippen LogP contribution in [0.2, 0.25) is 0 Å². The summed E-state index contributed by atoms with van der Waals surface area (Å²) in [7, 11) is 0. The Morgan fingerprint density at radius 1 is 1.35 bits per heavy atom. The molecular formula is C19H25FN4O2. The summed E-state index contributed by atoms with van der Waals surface area (Å²) in [5.74, 6) is 0.505. The van der Waals surface area contributed by atoms with Crippen molar-refractivity contribution < 1.29 is 13.9 Å². The maximum absolute atomic E-state index is 14.2. The van der Waals surface area contributed by atoms with Crippen LogP contribution in [-0.2, 0) is 11.2 Å². The second-order valence-electron chi connectivity index (χ2n) is 6.53. The highest BCUT2D eigenvalue weighted by Gasteiger charge is 2.30. The molecule has 1 fully saturated rings. The van der Waals surface area contributed by atoms with E-state index < -0.39 is 0 Å². The van der Waals surface area contributed by atoms with Crippen LogP contribution in [0.3, 0.4) is 0 Å². The molecule has 1 amide bonds. The van der Waals surface area contributed by atoms with Crippen molar-refractivity contribution in [3.8, 4) is 5.69 Å². The summed E-state index contributed by atoms with van der Waals surface area (Å²) in [6, 6.07) is 6.40. The fraction of sp³-hybridized carbons (Fsp3) is 0.526. The molecule has 1 aromatic carbocycles. The SMILES string of the molecule is CCCc1nc(C(=O)N2CC[C@H](COCC)C2)nn1-c1ccccc1F. The first-order valence-corrected chi connectivity index (χ1v) is 9.21. The number of para-hydroxylation sites is 1. The lowest BCUT2D eigenvalue weighted by atomic mass is 10.1. The summed E-state index contributed by atoms with van der Waals surface area (Å²) in [4.78, 5) is 19.0. The molecule has 26 heavy (non-hydrogen) atoms. The molecule has 1 aliphatic heterocycles. The van der Waals surface area contributed by atoms with Crippen molar-refractivity contribution in [2.75, 3.05) is 26.3 Å². The van der Waals surface area contributed by atoms with Gasteiger partial charge in [-0.3, -0.25) is 4.79 Å². The minimum absolute atomic E-state index is 0.133. The van der Waals surface area contributed by atoms with Crippen LogP contribution in [-0.4, -0.2) is 51.9 Å². The van der Waals surface area contributed by atoms with E-state index in [4.69, 9.17) is 4.74 Å². The van der Waals surface area contributed by atoms with Gasteiger partial charge in [0.1, 0.15) is 17.3 Å². The molecule has 0 spiro atoms. The quantitative estimate of drug-likeness (QED) is 0.762. The topological polar surface area (TPSA) is 60.3 Å². The number of aryl methyl sites for hydroxylation is 1. The van der Waals surface area contributed by atoms with Gasteiger partial charge in [0.15, 0.2) is 0 Å². The number of rotatable bonds is 7. The van der Waals surface area contributed by atoms with Crippen LogP contribution in [0.1, 0.15) is 43.1 Å². The zero-order valence-electron chi connectivity index (χ0n) is 15.3. The van der Waals surface area contributed by atoms with Gasteiger partial charge in [0.25, 0.3) is 5.91 Å². The maximum atomic E-state index is 14.2. The number of halogens is 1. The van der Waals surface area contributed by atoms with Crippen LogP contribution in [0.5, 0.6) is 0 Å². The standard InChI is InChI=1S/C19H25FN4O2/c1-3-7-17-21-18(22-24(17)16-9-6-5-8-15(16)20)19(25)23-11-10-14(12-23)13-26-4-2/h5-6,8-9,14H,3-4,7,10-13H2,1-2H3/t14-/m0/s1. The Bertz CT molecular complexity index is 762. The second-order valence-corrected chi connectivity index (χ2v) is 6.53. The first-order chi connectivity index (χ1) is 12.6. The fourth-order valence-electron chi connectivity index (χ4n) is 3.22. The van der Waals surface area contributed by atoms with E-state index in [1.54, 1.807) is 23.1 Å². The molecule has 0 N–H and O–H groups in total. The number of hydrogen-bond donors (Lipinski definition) is 0. The molecule has 2 heterocycles. The largest absolute Gasteiger partial charge is 0.381 e. The smallest absolute Gasteiger partial charge is 0.293 e. The number of hydrogen-bond acceptors (Lipinski definition) is 4. The first-order valence-electron chi connectivity index (χ1n) is 9.21. The van der Waals surface area contributed by atoms with Gasteiger partial charge in [-0.05, 0) is 31.9 Å². The summed E-state index contributed by atoms with van der Waals surface area (Å²) < 4.78 is 21.1. The lowest BCUT2D eigenvalue weighted by molar-refractivity contribution is 0.0751. The Morgan fingerprint density at radius 2 is 2.15 bits per heavy atom. The summed E-state index contributed by atoms with van der Waals surface area (Å²) >= 11 is 0. The number of nitrogens with zero attached hydrogens (tertiary/aromatic N) is 4. The normalized spacial score (nSPS) is 17.0. The van der Waals surface area contributed by atoms with Gasteiger partial charge >= 0.3 is 0 Å². The zero-order valence-corrected chi connectivity index (χ0v) is 15.3. The highest BCUT2D eigenvalue weighted by atomic mass is 19.1. The Hall–Kier alpha value is -2.28. The molecule has 0 saturated carbocycles. The number of benzene rings is 1. The third kappa shape index (κ3) is 3.93. The van der Waals surface area contributed by atoms with E-state index in [1.165, 1.54) is 10.7 Å². The minimum Gasteiger partial charge on any atom is -0.381 e. The molecule has 1 aromatic heterocycles. The molecule has 2 aromatic rings. The third-order valence-corrected chi connectivity index (χ3v) is 4.55. The van der Waals surface area contributed by atoms with Gasteiger partial charge in [0.05, 0.1) is 6.61 Å². The number of carbonyl (C=O) groups is 1. The van der Waals surface area contributed by atoms with E-state index in [-0.39, 0.29) is 17.5 Å². The van der Waals surface area contributed by atoms with Crippen LogP contribution in [0.25, 0.3) is 5.69 Å². The summed E-state index contributed by atoms with van der Waals surface area (Å²) in [5, 5.41) is 4.33. The molecule has 1 aliphatic rings. The summed E-state index contributed by atoms with van der Waals surface area (Å²) in [5.41, 5.74) is 0.318. The minimum atomic E-state index is -0.383. The molecular weight excluding hydrogens is 335 g/mol. The maximum Gasteiger partial charge on any atom is 0.293 e. The van der Waals surface area contributed by atoms with Crippen LogP contribution in [0.15, 0.2) is 24.3 Å². The molecule has 0 radical (unpaired) electrons. The Morgan fingerprint density at radius 3 is 2.88 bits per heavy atom. The van der Waals surface area contributed by atoms with E-state index in [1.807, 2.05) is 13.8 Å². The van der Waals surface area contributed by atoms with Crippen molar-refractivity contribution in [2.24, 2.45) is 5.92 Å². The van der Waals surface area contributed by atoms with Crippen LogP contribution < -0.4 is 0 Å². The van der Waals surface area contributed by atoms with Gasteiger partial charge in [-0.2, -0.15) is 0 Å². The monoisotopic (exact) mass is 360 g/mol. The van der Waals surface area contributed by atoms with E-state index in [9.17, 15) is 9.18 Å². The molecule has 6 nitrogen and oxygen atoms in total. The lowest BCUT2D eigenvalue weighted by Gasteiger charge is -2.14. The number of aromatic nitrogens is 3. The molecule has 0 aliphatic carbocycles. The summed E-state index contributed by atoms with van der Waals surface area (Å²) in [6.07, 6.45) is 2.38. The van der Waals surface area contributed by atoms with Gasteiger partial charge in [-0.25, -0.2) is 14.1 Å². The van der Waals surface area contributed by atoms with Gasteiger partial charge in [0.2, 0.25) is 5.82 Å². The highest BCUT2D eigenvalue weighted by Crippen LogP contribution is 2.20. The molecule has 140 valence electrons. The van der Waals surface area contributed by atoms with Crippen molar-refractivity contribution in [1.82, 2.24) is 19.7 Å². The van der Waals surface area contributed by atoms with E-state index in [2.05, 4.69) is 10.1 Å². The van der Waals surface area contributed by atoms with E-state index in [0.29, 0.717) is 50.2 Å². The molecule has 3 rings (SSSR count). The van der Waals surface area contributed by atoms with Crippen LogP contribution in [0.4, 0.5) is 4.39 Å². The first kappa shape index (κ1) is 18.5. The van der Waals surface area contributed by atoms with Gasteiger partial charge in [-0.15, -0.1) is 5.10 Å². The second kappa shape index (κ2) is 8.40. The van der Waals surface area contributed by atoms with Gasteiger partial charge in [0, 0.05) is 32.0 Å². The molecule has 1 atom stereocenters. The third-order valence-electron chi connectivity index (χ3n) is 4.55. The van der Waals surface area contributed by atoms with E-state index >= 15 is 0 Å². The predicted molar refractivity (Wildman–Crippen MR) is 95.8 cm³/mol. The molecule has 0 bridgehead atoms. The molecule has 0 unspecified atom stereocenters. The van der Waals surface area contributed by atoms with Crippen LogP contribution >= 0.6 is 0 Å². The number of likely N-dealkylation sites (tertiary alicyclic amines) is 1. The lowest BCUT2D eigenvalue weighted by Crippen LogP contribution is -2.30.